The number of rotatable bonds is 7. The fourth-order valence-corrected chi connectivity index (χ4v) is 2.36. The molecule has 2 rings (SSSR count). The fraction of sp³-hybridized carbons (Fsp3) is 0.200. The minimum Gasteiger partial charge on any atom is -0.493 e. The molecule has 0 heterocycles. The first-order valence-electron chi connectivity index (χ1n) is 8.14. The summed E-state index contributed by atoms with van der Waals surface area (Å²) in [5, 5.41) is 2.60. The van der Waals surface area contributed by atoms with E-state index in [0.29, 0.717) is 22.7 Å². The average Bonchev–Trinajstić information content (AvgIpc) is 2.67. The summed E-state index contributed by atoms with van der Waals surface area (Å²) in [4.78, 5) is 25.5. The molecule has 0 fully saturated rings. The standard InChI is InChI=1S/C20H21FN2O4/c1-23(13-18(24)22-16-10-8-15(21)9-11-16)19(25)12-7-14-5-4-6-17(26-2)20(14)27-3/h4-12H,13H2,1-3H3,(H,22,24)/b12-7+. The number of likely N-dealkylation sites (N-methyl/N-ethyl adjacent to an activating group) is 1. The van der Waals surface area contributed by atoms with Crippen LogP contribution in [0.2, 0.25) is 0 Å². The van der Waals surface area contributed by atoms with Crippen molar-refractivity contribution >= 4 is 23.6 Å². The molecular formula is C20H21FN2O4. The first-order chi connectivity index (χ1) is 12.9. The molecule has 142 valence electrons. The van der Waals surface area contributed by atoms with E-state index in [2.05, 4.69) is 5.32 Å². The summed E-state index contributed by atoms with van der Waals surface area (Å²) in [5.74, 6) is -0.0581. The lowest BCUT2D eigenvalue weighted by Gasteiger charge is -2.15. The van der Waals surface area contributed by atoms with E-state index >= 15 is 0 Å². The Balaban J connectivity index is 1.98. The van der Waals surface area contributed by atoms with Crippen LogP contribution in [0.4, 0.5) is 10.1 Å². The van der Waals surface area contributed by atoms with Gasteiger partial charge in [-0.15, -0.1) is 0 Å². The van der Waals surface area contributed by atoms with Gasteiger partial charge in [-0.25, -0.2) is 4.39 Å². The van der Waals surface area contributed by atoms with Gasteiger partial charge in [-0.3, -0.25) is 9.59 Å². The molecule has 0 aliphatic heterocycles. The maximum Gasteiger partial charge on any atom is 0.246 e. The summed E-state index contributed by atoms with van der Waals surface area (Å²) in [6.07, 6.45) is 2.94. The molecule has 0 spiro atoms. The maximum atomic E-state index is 12.9. The number of methoxy groups -OCH3 is 2. The Hall–Kier alpha value is -3.35. The summed E-state index contributed by atoms with van der Waals surface area (Å²) in [6.45, 7) is -0.143. The Morgan fingerprint density at radius 1 is 1.11 bits per heavy atom. The van der Waals surface area contributed by atoms with Gasteiger partial charge in [-0.1, -0.05) is 12.1 Å². The highest BCUT2D eigenvalue weighted by Gasteiger charge is 2.12. The molecule has 0 atom stereocenters. The summed E-state index contributed by atoms with van der Waals surface area (Å²) >= 11 is 0. The number of hydrogen-bond donors (Lipinski definition) is 1. The molecular weight excluding hydrogens is 351 g/mol. The van der Waals surface area contributed by atoms with Gasteiger partial charge in [0.1, 0.15) is 5.82 Å². The number of nitrogens with one attached hydrogen (secondary N) is 1. The van der Waals surface area contributed by atoms with E-state index in [0.717, 1.165) is 0 Å². The van der Waals surface area contributed by atoms with E-state index in [4.69, 9.17) is 9.47 Å². The second-order valence-corrected chi connectivity index (χ2v) is 5.67. The number of nitrogens with zero attached hydrogens (tertiary/aromatic N) is 1. The summed E-state index contributed by atoms with van der Waals surface area (Å²) in [6, 6.07) is 10.7. The summed E-state index contributed by atoms with van der Waals surface area (Å²) in [5.41, 5.74) is 1.13. The third kappa shape index (κ3) is 5.57. The molecule has 2 aromatic rings. The van der Waals surface area contributed by atoms with Gasteiger partial charge in [0.2, 0.25) is 11.8 Å². The van der Waals surface area contributed by atoms with Gasteiger partial charge in [0.25, 0.3) is 0 Å². The predicted molar refractivity (Wildman–Crippen MR) is 101 cm³/mol. The van der Waals surface area contributed by atoms with Crippen LogP contribution in [0.15, 0.2) is 48.5 Å². The average molecular weight is 372 g/mol. The first kappa shape index (κ1) is 20.0. The highest BCUT2D eigenvalue weighted by atomic mass is 19.1. The molecule has 7 heteroatoms. The Morgan fingerprint density at radius 2 is 1.81 bits per heavy atom. The Morgan fingerprint density at radius 3 is 2.44 bits per heavy atom. The van der Waals surface area contributed by atoms with Crippen molar-refractivity contribution in [3.8, 4) is 11.5 Å². The van der Waals surface area contributed by atoms with Crippen molar-refractivity contribution in [3.63, 3.8) is 0 Å². The number of amides is 2. The van der Waals surface area contributed by atoms with Crippen molar-refractivity contribution in [1.29, 1.82) is 0 Å². The van der Waals surface area contributed by atoms with Gasteiger partial charge >= 0.3 is 0 Å². The van der Waals surface area contributed by atoms with Gasteiger partial charge in [0.05, 0.1) is 20.8 Å². The number of para-hydroxylation sites is 1. The van der Waals surface area contributed by atoms with Crippen LogP contribution in [0.3, 0.4) is 0 Å². The van der Waals surface area contributed by atoms with Gasteiger partial charge in [0, 0.05) is 24.4 Å². The fourth-order valence-electron chi connectivity index (χ4n) is 2.36. The van der Waals surface area contributed by atoms with E-state index in [1.165, 1.54) is 56.5 Å². The molecule has 2 amide bonds. The second-order valence-electron chi connectivity index (χ2n) is 5.67. The van der Waals surface area contributed by atoms with Crippen LogP contribution < -0.4 is 14.8 Å². The number of ether oxygens (including phenoxy) is 2. The van der Waals surface area contributed by atoms with Crippen LogP contribution >= 0.6 is 0 Å². The number of halogens is 1. The molecule has 2 aromatic carbocycles. The topological polar surface area (TPSA) is 67.9 Å². The molecule has 1 N–H and O–H groups in total. The van der Waals surface area contributed by atoms with Gasteiger partial charge in [-0.2, -0.15) is 0 Å². The molecule has 0 bridgehead atoms. The van der Waals surface area contributed by atoms with Crippen LogP contribution in [-0.2, 0) is 9.59 Å². The molecule has 0 unspecified atom stereocenters. The molecule has 0 saturated carbocycles. The highest BCUT2D eigenvalue weighted by Crippen LogP contribution is 2.31. The quantitative estimate of drug-likeness (QED) is 0.759. The molecule has 0 radical (unpaired) electrons. The Kier molecular flexibility index (Phi) is 6.93. The van der Waals surface area contributed by atoms with Crippen molar-refractivity contribution in [2.24, 2.45) is 0 Å². The van der Waals surface area contributed by atoms with Crippen molar-refractivity contribution in [2.45, 2.75) is 0 Å². The molecule has 0 aliphatic rings. The van der Waals surface area contributed by atoms with Crippen LogP contribution in [0, 0.1) is 5.82 Å². The van der Waals surface area contributed by atoms with E-state index in [1.807, 2.05) is 0 Å². The molecule has 0 saturated heterocycles. The van der Waals surface area contributed by atoms with Crippen LogP contribution in [-0.4, -0.2) is 44.5 Å². The first-order valence-corrected chi connectivity index (χ1v) is 8.14. The number of carbonyl (C=O) groups is 2. The summed E-state index contributed by atoms with van der Waals surface area (Å²) in [7, 11) is 4.56. The number of benzene rings is 2. The minimum absolute atomic E-state index is 0.143. The van der Waals surface area contributed by atoms with Crippen molar-refractivity contribution in [1.82, 2.24) is 4.90 Å². The van der Waals surface area contributed by atoms with Crippen molar-refractivity contribution in [2.75, 3.05) is 33.1 Å². The van der Waals surface area contributed by atoms with Gasteiger partial charge in [0.15, 0.2) is 11.5 Å². The zero-order valence-corrected chi connectivity index (χ0v) is 15.4. The van der Waals surface area contributed by atoms with Crippen LogP contribution in [0.5, 0.6) is 11.5 Å². The minimum atomic E-state index is -0.390. The lowest BCUT2D eigenvalue weighted by molar-refractivity contribution is -0.129. The van der Waals surface area contributed by atoms with E-state index in [9.17, 15) is 14.0 Å². The molecule has 6 nitrogen and oxygen atoms in total. The zero-order valence-electron chi connectivity index (χ0n) is 15.4. The lowest BCUT2D eigenvalue weighted by atomic mass is 10.1. The van der Waals surface area contributed by atoms with E-state index in [-0.39, 0.29) is 18.4 Å². The molecule has 0 aromatic heterocycles. The SMILES string of the molecule is COc1cccc(/C=C/C(=O)N(C)CC(=O)Nc2ccc(F)cc2)c1OC. The van der Waals surface area contributed by atoms with E-state index < -0.39 is 5.82 Å². The summed E-state index contributed by atoms with van der Waals surface area (Å²) < 4.78 is 23.4. The number of anilines is 1. The Labute approximate surface area is 157 Å². The Bertz CT molecular complexity index is 834. The number of hydrogen-bond acceptors (Lipinski definition) is 4. The van der Waals surface area contributed by atoms with Crippen molar-refractivity contribution in [3.05, 3.63) is 59.9 Å². The smallest absolute Gasteiger partial charge is 0.246 e. The maximum absolute atomic E-state index is 12.9. The monoisotopic (exact) mass is 372 g/mol. The van der Waals surface area contributed by atoms with E-state index in [1.54, 1.807) is 24.3 Å². The zero-order chi connectivity index (χ0) is 19.8. The molecule has 0 aliphatic carbocycles. The van der Waals surface area contributed by atoms with Crippen LogP contribution in [0.1, 0.15) is 5.56 Å². The second kappa shape index (κ2) is 9.38. The van der Waals surface area contributed by atoms with Gasteiger partial charge < -0.3 is 19.7 Å². The number of carbonyl (C=O) groups excluding carboxylic acids is 2. The normalized spacial score (nSPS) is 10.5. The van der Waals surface area contributed by atoms with Gasteiger partial charge in [-0.05, 0) is 36.4 Å². The lowest BCUT2D eigenvalue weighted by Crippen LogP contribution is -2.33. The van der Waals surface area contributed by atoms with Crippen molar-refractivity contribution < 1.29 is 23.5 Å². The largest absolute Gasteiger partial charge is 0.493 e. The highest BCUT2D eigenvalue weighted by molar-refractivity contribution is 5.98. The predicted octanol–water partition coefficient (Wildman–Crippen LogP) is 2.95. The molecule has 27 heavy (non-hydrogen) atoms. The third-order valence-electron chi connectivity index (χ3n) is 3.72. The third-order valence-corrected chi connectivity index (χ3v) is 3.72. The van der Waals surface area contributed by atoms with Crippen LogP contribution in [0.25, 0.3) is 6.08 Å².